The summed E-state index contributed by atoms with van der Waals surface area (Å²) in [5.74, 6) is 1.53. The van der Waals surface area contributed by atoms with E-state index in [9.17, 15) is 4.79 Å². The van der Waals surface area contributed by atoms with Crippen LogP contribution < -0.4 is 5.32 Å². The van der Waals surface area contributed by atoms with Gasteiger partial charge in [0.2, 0.25) is 5.91 Å². The molecule has 0 aromatic carbocycles. The van der Waals surface area contributed by atoms with Crippen LogP contribution >= 0.6 is 0 Å². The molecule has 3 nitrogen and oxygen atoms in total. The molecule has 102 valence electrons. The number of carbonyl (C=O) groups excluding carboxylic acids is 1. The molecule has 2 heterocycles. The van der Waals surface area contributed by atoms with E-state index in [2.05, 4.69) is 10.2 Å². The maximum Gasteiger partial charge on any atom is 0.227 e. The van der Waals surface area contributed by atoms with Crippen LogP contribution in [0.2, 0.25) is 0 Å². The number of carbonyl (C=O) groups is 1. The summed E-state index contributed by atoms with van der Waals surface area (Å²) >= 11 is 0. The zero-order valence-electron chi connectivity index (χ0n) is 11.4. The highest BCUT2D eigenvalue weighted by Gasteiger charge is 2.37. The zero-order valence-corrected chi connectivity index (χ0v) is 11.4. The standard InChI is InChI=1S/C15H26N2O/c18-15(13-6-3-9-16-11-13)17-10-4-7-12-5-1-2-8-14(12)17/h12-14,16H,1-11H2. The minimum atomic E-state index is 0.263. The van der Waals surface area contributed by atoms with E-state index in [4.69, 9.17) is 0 Å². The van der Waals surface area contributed by atoms with Crippen molar-refractivity contribution < 1.29 is 4.79 Å². The molecule has 3 aliphatic rings. The predicted molar refractivity (Wildman–Crippen MR) is 72.3 cm³/mol. The van der Waals surface area contributed by atoms with Crippen LogP contribution in [0.4, 0.5) is 0 Å². The Morgan fingerprint density at radius 2 is 1.83 bits per heavy atom. The SMILES string of the molecule is O=C(C1CCCNC1)N1CCCC2CCCCC21. The van der Waals surface area contributed by atoms with Crippen molar-refractivity contribution in [2.24, 2.45) is 11.8 Å². The summed E-state index contributed by atoms with van der Waals surface area (Å²) in [6, 6.07) is 0.585. The minimum absolute atomic E-state index is 0.263. The largest absolute Gasteiger partial charge is 0.339 e. The van der Waals surface area contributed by atoms with Crippen LogP contribution in [0.3, 0.4) is 0 Å². The van der Waals surface area contributed by atoms with Gasteiger partial charge in [-0.05, 0) is 51.0 Å². The first kappa shape index (κ1) is 12.5. The normalized spacial score (nSPS) is 37.1. The molecular formula is C15H26N2O. The molecule has 18 heavy (non-hydrogen) atoms. The second kappa shape index (κ2) is 5.60. The topological polar surface area (TPSA) is 32.3 Å². The van der Waals surface area contributed by atoms with E-state index in [1.165, 1.54) is 44.9 Å². The average molecular weight is 250 g/mol. The van der Waals surface area contributed by atoms with E-state index in [-0.39, 0.29) is 5.92 Å². The summed E-state index contributed by atoms with van der Waals surface area (Å²) in [5.41, 5.74) is 0. The Morgan fingerprint density at radius 3 is 2.67 bits per heavy atom. The second-order valence-electron chi connectivity index (χ2n) is 6.33. The zero-order chi connectivity index (χ0) is 12.4. The van der Waals surface area contributed by atoms with Crippen LogP contribution in [0.25, 0.3) is 0 Å². The molecular weight excluding hydrogens is 224 g/mol. The molecule has 3 atom stereocenters. The number of nitrogens with zero attached hydrogens (tertiary/aromatic N) is 1. The highest BCUT2D eigenvalue weighted by Crippen LogP contribution is 2.36. The number of nitrogens with one attached hydrogen (secondary N) is 1. The maximum atomic E-state index is 12.7. The van der Waals surface area contributed by atoms with Gasteiger partial charge in [-0.1, -0.05) is 12.8 Å². The minimum Gasteiger partial charge on any atom is -0.339 e. The maximum absolute atomic E-state index is 12.7. The Labute approximate surface area is 110 Å². The molecule has 2 saturated heterocycles. The number of likely N-dealkylation sites (tertiary alicyclic amines) is 1. The quantitative estimate of drug-likeness (QED) is 0.773. The molecule has 0 bridgehead atoms. The van der Waals surface area contributed by atoms with Crippen LogP contribution in [-0.4, -0.2) is 36.5 Å². The van der Waals surface area contributed by atoms with Crippen molar-refractivity contribution in [3.8, 4) is 0 Å². The Morgan fingerprint density at radius 1 is 1.00 bits per heavy atom. The highest BCUT2D eigenvalue weighted by molar-refractivity contribution is 5.79. The van der Waals surface area contributed by atoms with Crippen LogP contribution in [0.1, 0.15) is 51.4 Å². The summed E-state index contributed by atoms with van der Waals surface area (Å²) in [6.45, 7) is 3.03. The van der Waals surface area contributed by atoms with Gasteiger partial charge in [-0.15, -0.1) is 0 Å². The van der Waals surface area contributed by atoms with Gasteiger partial charge in [0.1, 0.15) is 0 Å². The van der Waals surface area contributed by atoms with Crippen molar-refractivity contribution in [2.45, 2.75) is 57.4 Å². The molecule has 1 saturated carbocycles. The van der Waals surface area contributed by atoms with Gasteiger partial charge >= 0.3 is 0 Å². The van der Waals surface area contributed by atoms with E-state index in [1.807, 2.05) is 0 Å². The lowest BCUT2D eigenvalue weighted by Crippen LogP contribution is -2.53. The third kappa shape index (κ3) is 2.42. The number of piperidine rings is 2. The molecule has 1 aliphatic carbocycles. The fourth-order valence-electron chi connectivity index (χ4n) is 4.20. The molecule has 0 spiro atoms. The van der Waals surface area contributed by atoms with Gasteiger partial charge in [0, 0.05) is 19.1 Å². The first-order valence-corrected chi connectivity index (χ1v) is 7.87. The lowest BCUT2D eigenvalue weighted by atomic mass is 9.77. The lowest BCUT2D eigenvalue weighted by molar-refractivity contribution is -0.142. The second-order valence-corrected chi connectivity index (χ2v) is 6.33. The predicted octanol–water partition coefficient (Wildman–Crippen LogP) is 2.17. The molecule has 2 aliphatic heterocycles. The summed E-state index contributed by atoms with van der Waals surface area (Å²) in [5, 5.41) is 3.38. The first-order valence-electron chi connectivity index (χ1n) is 7.87. The highest BCUT2D eigenvalue weighted by atomic mass is 16.2. The molecule has 3 rings (SSSR count). The van der Waals surface area contributed by atoms with E-state index >= 15 is 0 Å². The molecule has 3 heteroatoms. The van der Waals surface area contributed by atoms with E-state index in [0.717, 1.165) is 32.0 Å². The monoisotopic (exact) mass is 250 g/mol. The molecule has 0 aromatic rings. The van der Waals surface area contributed by atoms with Crippen LogP contribution in [-0.2, 0) is 4.79 Å². The summed E-state index contributed by atoms with van der Waals surface area (Å²) in [7, 11) is 0. The van der Waals surface area contributed by atoms with Crippen molar-refractivity contribution in [3.05, 3.63) is 0 Å². The van der Waals surface area contributed by atoms with Crippen molar-refractivity contribution in [1.29, 1.82) is 0 Å². The molecule has 0 aromatic heterocycles. The third-order valence-corrected chi connectivity index (χ3v) is 5.17. The van der Waals surface area contributed by atoms with Crippen molar-refractivity contribution in [2.75, 3.05) is 19.6 Å². The van der Waals surface area contributed by atoms with Gasteiger partial charge in [-0.2, -0.15) is 0 Å². The fourth-order valence-corrected chi connectivity index (χ4v) is 4.20. The number of hydrogen-bond acceptors (Lipinski definition) is 2. The summed E-state index contributed by atoms with van der Waals surface area (Å²) in [6.07, 6.45) is 10.2. The van der Waals surface area contributed by atoms with E-state index in [1.54, 1.807) is 0 Å². The Hall–Kier alpha value is -0.570. The number of fused-ring (bicyclic) bond motifs is 1. The molecule has 3 unspecified atom stereocenters. The Bertz CT molecular complexity index is 297. The van der Waals surface area contributed by atoms with Crippen LogP contribution in [0.5, 0.6) is 0 Å². The molecule has 0 radical (unpaired) electrons. The van der Waals surface area contributed by atoms with Gasteiger partial charge in [0.05, 0.1) is 5.92 Å². The van der Waals surface area contributed by atoms with Gasteiger partial charge in [-0.25, -0.2) is 0 Å². The Balaban J connectivity index is 1.67. The first-order chi connectivity index (χ1) is 8.86. The lowest BCUT2D eigenvalue weighted by Gasteiger charge is -2.45. The van der Waals surface area contributed by atoms with Crippen molar-refractivity contribution in [1.82, 2.24) is 10.2 Å². The van der Waals surface area contributed by atoms with Crippen LogP contribution in [0, 0.1) is 11.8 Å². The van der Waals surface area contributed by atoms with Crippen LogP contribution in [0.15, 0.2) is 0 Å². The number of amides is 1. The van der Waals surface area contributed by atoms with Gasteiger partial charge in [-0.3, -0.25) is 4.79 Å². The smallest absolute Gasteiger partial charge is 0.227 e. The van der Waals surface area contributed by atoms with Gasteiger partial charge in [0.25, 0.3) is 0 Å². The van der Waals surface area contributed by atoms with E-state index in [0.29, 0.717) is 11.9 Å². The molecule has 1 N–H and O–H groups in total. The third-order valence-electron chi connectivity index (χ3n) is 5.17. The molecule has 1 amide bonds. The number of hydrogen-bond donors (Lipinski definition) is 1. The van der Waals surface area contributed by atoms with Gasteiger partial charge in [0.15, 0.2) is 0 Å². The fraction of sp³-hybridized carbons (Fsp3) is 0.933. The summed E-state index contributed by atoms with van der Waals surface area (Å²) < 4.78 is 0. The average Bonchev–Trinajstić information content (AvgIpc) is 2.47. The van der Waals surface area contributed by atoms with Gasteiger partial charge < -0.3 is 10.2 Å². The molecule has 3 fully saturated rings. The van der Waals surface area contributed by atoms with E-state index < -0.39 is 0 Å². The summed E-state index contributed by atoms with van der Waals surface area (Å²) in [4.78, 5) is 15.0. The van der Waals surface area contributed by atoms with Crippen molar-refractivity contribution in [3.63, 3.8) is 0 Å². The number of rotatable bonds is 1. The van der Waals surface area contributed by atoms with Crippen molar-refractivity contribution >= 4 is 5.91 Å². The Kier molecular flexibility index (Phi) is 3.88.